The molecule has 0 saturated heterocycles. The van der Waals surface area contributed by atoms with Crippen LogP contribution < -0.4 is 21.8 Å². The number of rotatable bonds is 16. The van der Waals surface area contributed by atoms with Crippen LogP contribution in [0, 0.1) is 0 Å². The monoisotopic (exact) mass is 774 g/mol. The standard InChI is InChI=1S/C43H46N6O4S2/c1-5-28-18-22-30(23-19-28)44-38(50)36(7-3)54-42-46-34-16-11-9-14-32(34)40(52)48(42)26-13-27-49-41(53)33-15-10-12-17-35(33)47-43(49)55-37(8-4)39(51)45-31-24-20-29(6-2)21-25-31/h9-12,14-25,36-37H,5-8,13,26-27H2,1-4H3,(H,44,50)(H,45,51)/t36-,37-/m1/s1. The number of para-hydroxylation sites is 2. The predicted molar refractivity (Wildman–Crippen MR) is 225 cm³/mol. The fourth-order valence-electron chi connectivity index (χ4n) is 6.25. The summed E-state index contributed by atoms with van der Waals surface area (Å²) in [5.74, 6) is -0.345. The van der Waals surface area contributed by atoms with E-state index in [0.717, 1.165) is 12.8 Å². The average Bonchev–Trinajstić information content (AvgIpc) is 3.21. The van der Waals surface area contributed by atoms with E-state index in [1.807, 2.05) is 74.5 Å². The molecule has 0 bridgehead atoms. The van der Waals surface area contributed by atoms with Crippen molar-refractivity contribution in [2.45, 2.75) is 93.7 Å². The number of aryl methyl sites for hydroxylation is 2. The Kier molecular flexibility index (Phi) is 13.2. The van der Waals surface area contributed by atoms with Crippen molar-refractivity contribution in [3.8, 4) is 0 Å². The molecule has 4 aromatic carbocycles. The molecule has 0 unspecified atom stereocenters. The zero-order chi connectivity index (χ0) is 38.9. The second-order valence-corrected chi connectivity index (χ2v) is 15.5. The maximum Gasteiger partial charge on any atom is 0.262 e. The van der Waals surface area contributed by atoms with Gasteiger partial charge in [0.1, 0.15) is 0 Å². The first-order valence-corrected chi connectivity index (χ1v) is 20.6. The molecule has 0 aliphatic carbocycles. The van der Waals surface area contributed by atoms with Gasteiger partial charge in [-0.3, -0.25) is 28.3 Å². The van der Waals surface area contributed by atoms with Crippen LogP contribution in [0.15, 0.2) is 117 Å². The molecule has 0 aliphatic heterocycles. The van der Waals surface area contributed by atoms with Crippen molar-refractivity contribution in [1.29, 1.82) is 0 Å². The molecule has 0 aliphatic rings. The van der Waals surface area contributed by atoms with Crippen LogP contribution in [0.5, 0.6) is 0 Å². The van der Waals surface area contributed by atoms with Gasteiger partial charge in [-0.25, -0.2) is 9.97 Å². The topological polar surface area (TPSA) is 128 Å². The van der Waals surface area contributed by atoms with Crippen molar-refractivity contribution < 1.29 is 9.59 Å². The van der Waals surface area contributed by atoms with Gasteiger partial charge in [0.25, 0.3) is 11.1 Å². The van der Waals surface area contributed by atoms with Crippen molar-refractivity contribution >= 4 is 68.5 Å². The van der Waals surface area contributed by atoms with Crippen molar-refractivity contribution in [2.75, 3.05) is 10.6 Å². The van der Waals surface area contributed by atoms with E-state index < -0.39 is 10.5 Å². The number of thioether (sulfide) groups is 2. The van der Waals surface area contributed by atoms with Gasteiger partial charge in [0, 0.05) is 24.5 Å². The Morgan fingerprint density at radius 3 is 1.33 bits per heavy atom. The van der Waals surface area contributed by atoms with Crippen molar-refractivity contribution in [3.05, 3.63) is 129 Å². The van der Waals surface area contributed by atoms with Gasteiger partial charge in [0.2, 0.25) is 11.8 Å². The molecule has 2 heterocycles. The van der Waals surface area contributed by atoms with Gasteiger partial charge >= 0.3 is 0 Å². The molecule has 12 heteroatoms. The third kappa shape index (κ3) is 9.37. The number of aromatic nitrogens is 4. The van der Waals surface area contributed by atoms with Crippen molar-refractivity contribution in [3.63, 3.8) is 0 Å². The molecule has 2 N–H and O–H groups in total. The lowest BCUT2D eigenvalue weighted by atomic mass is 10.1. The maximum absolute atomic E-state index is 14.0. The quantitative estimate of drug-likeness (QED) is 0.0743. The van der Waals surface area contributed by atoms with Gasteiger partial charge in [-0.15, -0.1) is 0 Å². The molecule has 2 amide bonds. The first kappa shape index (κ1) is 39.5. The van der Waals surface area contributed by atoms with Gasteiger partial charge in [-0.05, 0) is 91.8 Å². The van der Waals surface area contributed by atoms with E-state index in [1.54, 1.807) is 45.5 Å². The summed E-state index contributed by atoms with van der Waals surface area (Å²) < 4.78 is 3.22. The Bertz CT molecular complexity index is 2240. The molecule has 0 spiro atoms. The molecule has 0 radical (unpaired) electrons. The number of carbonyl (C=O) groups excluding carboxylic acids is 2. The third-order valence-electron chi connectivity index (χ3n) is 9.50. The highest BCUT2D eigenvalue weighted by atomic mass is 32.2. The minimum absolute atomic E-state index is 0.173. The molecular formula is C43H46N6O4S2. The van der Waals surface area contributed by atoms with E-state index in [0.29, 0.717) is 62.8 Å². The van der Waals surface area contributed by atoms with Gasteiger partial charge in [0.05, 0.1) is 32.3 Å². The molecule has 10 nitrogen and oxygen atoms in total. The molecule has 2 aromatic heterocycles. The summed E-state index contributed by atoms with van der Waals surface area (Å²) in [6.45, 7) is 8.52. The summed E-state index contributed by atoms with van der Waals surface area (Å²) in [6, 6.07) is 29.9. The highest BCUT2D eigenvalue weighted by Gasteiger charge is 2.24. The van der Waals surface area contributed by atoms with Crippen molar-refractivity contribution in [2.24, 2.45) is 0 Å². The Labute approximate surface area is 329 Å². The minimum atomic E-state index is -0.512. The fraction of sp³-hybridized carbons (Fsp3) is 0.302. The van der Waals surface area contributed by atoms with Gasteiger partial charge < -0.3 is 10.6 Å². The van der Waals surface area contributed by atoms with Crippen LogP contribution in [-0.2, 0) is 35.5 Å². The van der Waals surface area contributed by atoms with Crippen molar-refractivity contribution in [1.82, 2.24) is 19.1 Å². The Hall–Kier alpha value is -5.20. The van der Waals surface area contributed by atoms with Crippen LogP contribution in [0.2, 0.25) is 0 Å². The number of carbonyl (C=O) groups is 2. The number of nitrogens with one attached hydrogen (secondary N) is 2. The van der Waals surface area contributed by atoms with E-state index in [4.69, 9.17) is 9.97 Å². The first-order chi connectivity index (χ1) is 26.7. The molecule has 6 rings (SSSR count). The maximum atomic E-state index is 14.0. The second kappa shape index (κ2) is 18.4. The van der Waals surface area contributed by atoms with E-state index in [1.165, 1.54) is 34.7 Å². The minimum Gasteiger partial charge on any atom is -0.325 e. The zero-order valence-corrected chi connectivity index (χ0v) is 33.2. The summed E-state index contributed by atoms with van der Waals surface area (Å²) in [6.07, 6.45) is 3.23. The van der Waals surface area contributed by atoms with E-state index in [-0.39, 0.29) is 36.0 Å². The lowest BCUT2D eigenvalue weighted by Gasteiger charge is -2.20. The Balaban J connectivity index is 1.26. The largest absolute Gasteiger partial charge is 0.325 e. The molecular weight excluding hydrogens is 729 g/mol. The van der Waals surface area contributed by atoms with Gasteiger partial charge in [-0.2, -0.15) is 0 Å². The molecule has 6 aromatic rings. The molecule has 284 valence electrons. The lowest BCUT2D eigenvalue weighted by Crippen LogP contribution is -2.30. The van der Waals surface area contributed by atoms with E-state index in [9.17, 15) is 19.2 Å². The van der Waals surface area contributed by atoms with Crippen LogP contribution in [0.3, 0.4) is 0 Å². The van der Waals surface area contributed by atoms with Crippen LogP contribution in [0.1, 0.15) is 58.1 Å². The summed E-state index contributed by atoms with van der Waals surface area (Å²) in [5.41, 5.74) is 4.45. The Morgan fingerprint density at radius 1 is 0.582 bits per heavy atom. The number of fused-ring (bicyclic) bond motifs is 2. The number of anilines is 2. The fourth-order valence-corrected chi connectivity index (χ4v) is 8.33. The number of nitrogens with zero attached hydrogens (tertiary/aromatic N) is 4. The zero-order valence-electron chi connectivity index (χ0n) is 31.6. The van der Waals surface area contributed by atoms with E-state index in [2.05, 4.69) is 24.5 Å². The number of hydrogen-bond donors (Lipinski definition) is 2. The lowest BCUT2D eigenvalue weighted by molar-refractivity contribution is -0.116. The molecule has 2 atom stereocenters. The van der Waals surface area contributed by atoms with Gasteiger partial charge in [0.15, 0.2) is 10.3 Å². The number of hydrogen-bond acceptors (Lipinski definition) is 8. The SMILES string of the molecule is CCc1ccc(NC(=O)[C@@H](CC)Sc2nc3ccccc3c(=O)n2CCCn2c(S[C@H](CC)C(=O)Nc3ccc(CC)cc3)nc3ccccc3c2=O)cc1. The average molecular weight is 775 g/mol. The number of amides is 2. The van der Waals surface area contributed by atoms with Crippen LogP contribution >= 0.6 is 23.5 Å². The molecule has 55 heavy (non-hydrogen) atoms. The summed E-state index contributed by atoms with van der Waals surface area (Å²) in [5, 5.41) is 6.83. The van der Waals surface area contributed by atoms with Crippen LogP contribution in [0.4, 0.5) is 11.4 Å². The number of benzene rings is 4. The highest BCUT2D eigenvalue weighted by molar-refractivity contribution is 8.00. The van der Waals surface area contributed by atoms with Gasteiger partial charge in [-0.1, -0.05) is 99.7 Å². The smallest absolute Gasteiger partial charge is 0.262 e. The first-order valence-electron chi connectivity index (χ1n) is 18.8. The molecule has 0 saturated carbocycles. The summed E-state index contributed by atoms with van der Waals surface area (Å²) in [4.78, 5) is 64.8. The molecule has 0 fully saturated rings. The summed E-state index contributed by atoms with van der Waals surface area (Å²) in [7, 11) is 0. The predicted octanol–water partition coefficient (Wildman–Crippen LogP) is 8.34. The summed E-state index contributed by atoms with van der Waals surface area (Å²) >= 11 is 2.52. The second-order valence-electron chi connectivity index (χ2n) is 13.2. The van der Waals surface area contributed by atoms with Crippen LogP contribution in [0.25, 0.3) is 21.8 Å². The van der Waals surface area contributed by atoms with E-state index >= 15 is 0 Å². The third-order valence-corrected chi connectivity index (χ3v) is 12.2. The van der Waals surface area contributed by atoms with Crippen LogP contribution in [-0.4, -0.2) is 41.4 Å². The normalized spacial score (nSPS) is 12.4. The Morgan fingerprint density at radius 2 is 0.964 bits per heavy atom. The highest BCUT2D eigenvalue weighted by Crippen LogP contribution is 2.28.